The molecule has 2 heterocycles. The molecule has 0 bridgehead atoms. The Bertz CT molecular complexity index is 1180. The quantitative estimate of drug-likeness (QED) is 0.262. The predicted octanol–water partition coefficient (Wildman–Crippen LogP) is 6.09. The minimum atomic E-state index is 0.246. The van der Waals surface area contributed by atoms with Crippen LogP contribution >= 0.6 is 0 Å². The molecule has 6 nitrogen and oxygen atoms in total. The molecule has 0 spiro atoms. The van der Waals surface area contributed by atoms with Crippen LogP contribution in [0.3, 0.4) is 0 Å². The largest absolute Gasteiger partial charge is 0.493 e. The maximum atomic E-state index is 11.1. The smallest absolute Gasteiger partial charge is 0.158 e. The van der Waals surface area contributed by atoms with Gasteiger partial charge < -0.3 is 13.9 Å². The molecule has 170 valence electrons. The Morgan fingerprint density at radius 2 is 1.76 bits per heavy atom. The van der Waals surface area contributed by atoms with Gasteiger partial charge in [-0.25, -0.2) is 9.67 Å². The lowest BCUT2D eigenvalue weighted by atomic mass is 10.1. The van der Waals surface area contributed by atoms with Crippen molar-refractivity contribution in [2.24, 2.45) is 0 Å². The van der Waals surface area contributed by atoms with E-state index in [1.807, 2.05) is 66.2 Å². The summed E-state index contributed by atoms with van der Waals surface area (Å²) in [5.74, 6) is 3.49. The van der Waals surface area contributed by atoms with Crippen molar-refractivity contribution in [2.45, 2.75) is 46.1 Å². The van der Waals surface area contributed by atoms with Crippen molar-refractivity contribution >= 4 is 5.78 Å². The van der Waals surface area contributed by atoms with Crippen molar-refractivity contribution in [1.82, 2.24) is 14.8 Å². The van der Waals surface area contributed by atoms with Gasteiger partial charge in [0.25, 0.3) is 0 Å². The second kappa shape index (κ2) is 10.8. The number of ether oxygens (including phenoxy) is 1. The maximum absolute atomic E-state index is 11.1. The Labute approximate surface area is 194 Å². The molecule has 0 saturated heterocycles. The van der Waals surface area contributed by atoms with Crippen molar-refractivity contribution in [1.29, 1.82) is 0 Å². The van der Waals surface area contributed by atoms with Crippen LogP contribution in [0.4, 0.5) is 0 Å². The molecule has 0 atom stereocenters. The molecule has 2 aromatic carbocycles. The van der Waals surface area contributed by atoms with E-state index in [4.69, 9.17) is 9.15 Å². The van der Waals surface area contributed by atoms with Crippen molar-refractivity contribution in [2.75, 3.05) is 6.61 Å². The summed E-state index contributed by atoms with van der Waals surface area (Å²) in [6.07, 6.45) is 5.16. The number of hydrogen-bond donors (Lipinski definition) is 0. The van der Waals surface area contributed by atoms with Crippen LogP contribution in [-0.4, -0.2) is 27.2 Å². The van der Waals surface area contributed by atoms with E-state index >= 15 is 0 Å². The van der Waals surface area contributed by atoms with Crippen LogP contribution in [0.2, 0.25) is 0 Å². The molecule has 0 amide bonds. The lowest BCUT2D eigenvalue weighted by molar-refractivity contribution is -0.117. The van der Waals surface area contributed by atoms with Crippen LogP contribution in [0, 0.1) is 6.92 Å². The molecule has 0 aliphatic heterocycles. The van der Waals surface area contributed by atoms with Crippen molar-refractivity contribution in [3.63, 3.8) is 0 Å². The summed E-state index contributed by atoms with van der Waals surface area (Å²) < 4.78 is 13.5. The maximum Gasteiger partial charge on any atom is 0.158 e. The zero-order valence-corrected chi connectivity index (χ0v) is 19.2. The summed E-state index contributed by atoms with van der Waals surface area (Å²) in [6, 6.07) is 20.0. The first-order chi connectivity index (χ1) is 16.1. The lowest BCUT2D eigenvalue weighted by Crippen LogP contribution is -2.07. The second-order valence-corrected chi connectivity index (χ2v) is 8.16. The van der Waals surface area contributed by atoms with Crippen LogP contribution < -0.4 is 4.74 Å². The van der Waals surface area contributed by atoms with E-state index in [0.29, 0.717) is 19.6 Å². The lowest BCUT2D eigenvalue weighted by Gasteiger charge is -2.13. The van der Waals surface area contributed by atoms with Crippen LogP contribution in [0.1, 0.15) is 44.0 Å². The molecule has 4 aromatic rings. The molecule has 0 aliphatic rings. The molecule has 0 aliphatic carbocycles. The fourth-order valence-corrected chi connectivity index (χ4v) is 3.78. The minimum Gasteiger partial charge on any atom is -0.493 e. The highest BCUT2D eigenvalue weighted by molar-refractivity contribution is 5.75. The number of aromatic nitrogens is 3. The van der Waals surface area contributed by atoms with Gasteiger partial charge in [-0.15, -0.1) is 0 Å². The average Bonchev–Trinajstić information content (AvgIpc) is 3.47. The topological polar surface area (TPSA) is 70.2 Å². The first-order valence-electron chi connectivity index (χ1n) is 11.4. The van der Waals surface area contributed by atoms with Gasteiger partial charge in [-0.05, 0) is 51.3 Å². The number of para-hydroxylation sites is 1. The number of Topliss-reactive ketones (excluding diaryl/α,β-unsaturated/α-hetero) is 1. The van der Waals surface area contributed by atoms with E-state index in [1.165, 1.54) is 0 Å². The monoisotopic (exact) mass is 443 g/mol. The van der Waals surface area contributed by atoms with Gasteiger partial charge in [0.05, 0.1) is 19.4 Å². The summed E-state index contributed by atoms with van der Waals surface area (Å²) in [7, 11) is 0. The molecule has 6 heteroatoms. The van der Waals surface area contributed by atoms with E-state index < -0.39 is 0 Å². The Hall–Kier alpha value is -3.67. The predicted molar refractivity (Wildman–Crippen MR) is 128 cm³/mol. The van der Waals surface area contributed by atoms with Crippen molar-refractivity contribution < 1.29 is 13.9 Å². The molecule has 2 aromatic heterocycles. The Morgan fingerprint density at radius 3 is 2.52 bits per heavy atom. The highest BCUT2D eigenvalue weighted by Crippen LogP contribution is 2.26. The molecular weight excluding hydrogens is 414 g/mol. The number of aryl methyl sites for hydroxylation is 1. The molecule has 33 heavy (non-hydrogen) atoms. The highest BCUT2D eigenvalue weighted by Gasteiger charge is 2.13. The molecule has 0 fully saturated rings. The van der Waals surface area contributed by atoms with E-state index in [-0.39, 0.29) is 5.78 Å². The molecule has 0 radical (unpaired) electrons. The first-order valence-corrected chi connectivity index (χ1v) is 11.4. The van der Waals surface area contributed by atoms with Crippen LogP contribution in [0.5, 0.6) is 5.75 Å². The van der Waals surface area contributed by atoms with Crippen molar-refractivity contribution in [3.05, 3.63) is 78.3 Å². The fraction of sp³-hybridized carbons (Fsp3) is 0.296. The summed E-state index contributed by atoms with van der Waals surface area (Å²) in [5.41, 5.74) is 3.07. The van der Waals surface area contributed by atoms with E-state index in [1.54, 1.807) is 13.2 Å². The van der Waals surface area contributed by atoms with Gasteiger partial charge in [0.15, 0.2) is 5.82 Å². The molecule has 0 unspecified atom stereocenters. The number of benzene rings is 2. The summed E-state index contributed by atoms with van der Waals surface area (Å²) in [4.78, 5) is 15.7. The molecule has 0 saturated carbocycles. The zero-order chi connectivity index (χ0) is 23.0. The third-order valence-electron chi connectivity index (χ3n) is 5.45. The van der Waals surface area contributed by atoms with Gasteiger partial charge in [-0.1, -0.05) is 42.5 Å². The Balaban J connectivity index is 1.45. The fourth-order valence-electron chi connectivity index (χ4n) is 3.78. The Kier molecular flexibility index (Phi) is 7.35. The highest BCUT2D eigenvalue weighted by atomic mass is 16.5. The third kappa shape index (κ3) is 5.98. The van der Waals surface area contributed by atoms with Gasteiger partial charge in [0.2, 0.25) is 0 Å². The molecular formula is C27H29N3O3. The average molecular weight is 444 g/mol. The third-order valence-corrected chi connectivity index (χ3v) is 5.45. The SMILES string of the molecule is CC(=O)CCCCCOc1ccccc1Cn1nc(C)nc1-c1ccc(-c2ccco2)cc1. The molecule has 4 rings (SSSR count). The number of ketones is 1. The number of carbonyl (C=O) groups is 1. The summed E-state index contributed by atoms with van der Waals surface area (Å²) in [5, 5.41) is 4.63. The van der Waals surface area contributed by atoms with Gasteiger partial charge in [-0.3, -0.25) is 0 Å². The summed E-state index contributed by atoms with van der Waals surface area (Å²) in [6.45, 7) is 4.74. The van der Waals surface area contributed by atoms with E-state index in [9.17, 15) is 4.79 Å². The van der Waals surface area contributed by atoms with Crippen LogP contribution in [0.25, 0.3) is 22.7 Å². The number of unbranched alkanes of at least 4 members (excludes halogenated alkanes) is 2. The number of carbonyl (C=O) groups excluding carboxylic acids is 1. The summed E-state index contributed by atoms with van der Waals surface area (Å²) >= 11 is 0. The zero-order valence-electron chi connectivity index (χ0n) is 19.2. The van der Waals surface area contributed by atoms with Crippen LogP contribution in [-0.2, 0) is 11.3 Å². The normalized spacial score (nSPS) is 11.0. The van der Waals surface area contributed by atoms with Gasteiger partial charge in [-0.2, -0.15) is 5.10 Å². The number of furan rings is 1. The Morgan fingerprint density at radius 1 is 0.970 bits per heavy atom. The minimum absolute atomic E-state index is 0.246. The number of rotatable bonds is 11. The van der Waals surface area contributed by atoms with Gasteiger partial charge >= 0.3 is 0 Å². The number of hydrogen-bond acceptors (Lipinski definition) is 5. The van der Waals surface area contributed by atoms with Crippen LogP contribution in [0.15, 0.2) is 71.3 Å². The number of nitrogens with zero attached hydrogens (tertiary/aromatic N) is 3. The molecule has 0 N–H and O–H groups in total. The van der Waals surface area contributed by atoms with Crippen molar-refractivity contribution in [3.8, 4) is 28.5 Å². The standard InChI is InChI=1S/C27H29N3O3/c1-20(31)9-4-3-7-17-32-26-11-6-5-10-24(26)19-30-27(28-21(2)29-30)23-15-13-22(14-16-23)25-12-8-18-33-25/h5-6,8,10-16,18H,3-4,7,9,17,19H2,1-2H3. The van der Waals surface area contributed by atoms with Gasteiger partial charge in [0.1, 0.15) is 23.1 Å². The van der Waals surface area contributed by atoms with E-state index in [0.717, 1.165) is 59.1 Å². The van der Waals surface area contributed by atoms with Gasteiger partial charge in [0, 0.05) is 23.1 Å². The second-order valence-electron chi connectivity index (χ2n) is 8.16. The van der Waals surface area contributed by atoms with E-state index in [2.05, 4.69) is 16.1 Å². The first kappa shape index (κ1) is 22.5.